The lowest BCUT2D eigenvalue weighted by molar-refractivity contribution is 0.898. The van der Waals surface area contributed by atoms with E-state index in [0.29, 0.717) is 0 Å². The van der Waals surface area contributed by atoms with Crippen molar-refractivity contribution >= 4 is 0 Å². The fourth-order valence-electron chi connectivity index (χ4n) is 0.500. The maximum absolute atomic E-state index is 3.08. The zero-order valence-corrected chi connectivity index (χ0v) is 5.41. The van der Waals surface area contributed by atoms with E-state index in [9.17, 15) is 0 Å². The Kier molecular flexibility index (Phi) is 3.77. The smallest absolute Gasteiger partial charge is 0.0320 e. The second-order valence-electron chi connectivity index (χ2n) is 1.78. The lowest BCUT2D eigenvalue weighted by Gasteiger charge is -1.90. The maximum atomic E-state index is 3.08. The summed E-state index contributed by atoms with van der Waals surface area (Å²) in [5, 5.41) is 0. The second-order valence-corrected chi connectivity index (χ2v) is 1.78. The first-order chi connectivity index (χ1) is 3.31. The Hall–Kier alpha value is -0.260. The quantitative estimate of drug-likeness (QED) is 0.496. The van der Waals surface area contributed by atoms with Gasteiger partial charge >= 0.3 is 0 Å². The Morgan fingerprint density at radius 2 is 2.14 bits per heavy atom. The number of hydrogen-bond acceptors (Lipinski definition) is 0. The molecular formula is C7H13. The van der Waals surface area contributed by atoms with E-state index in [0.717, 1.165) is 0 Å². The molecule has 0 heteroatoms. The molecule has 0 nitrogen and oxygen atoms in total. The molecule has 0 N–H and O–H groups in total. The third-order valence-electron chi connectivity index (χ3n) is 1.05. The highest BCUT2D eigenvalue weighted by atomic mass is 13.9. The highest BCUT2D eigenvalue weighted by Gasteiger charge is 1.80. The van der Waals surface area contributed by atoms with Crippen LogP contribution in [0.15, 0.2) is 5.57 Å². The number of allylic oxidation sites excluding steroid dienone is 2. The number of rotatable bonds is 2. The molecule has 0 aliphatic rings. The van der Waals surface area contributed by atoms with Crippen LogP contribution in [0.25, 0.3) is 0 Å². The molecule has 0 aromatic carbocycles. The summed E-state index contributed by atoms with van der Waals surface area (Å²) >= 11 is 0. The molecule has 0 rings (SSSR count). The van der Waals surface area contributed by atoms with E-state index in [1.807, 2.05) is 6.92 Å². The predicted octanol–water partition coefficient (Wildman–Crippen LogP) is 2.56. The Morgan fingerprint density at radius 3 is 2.29 bits per heavy atom. The fourth-order valence-corrected chi connectivity index (χ4v) is 0.500. The topological polar surface area (TPSA) is 0 Å². The molecule has 0 bridgehead atoms. The molecular weight excluding hydrogens is 84.1 g/mol. The third kappa shape index (κ3) is 3.57. The second kappa shape index (κ2) is 3.91. The maximum Gasteiger partial charge on any atom is -0.0320 e. The molecule has 0 spiro atoms. The lowest BCUT2D eigenvalue weighted by Crippen LogP contribution is -1.71. The summed E-state index contributed by atoms with van der Waals surface area (Å²) in [6.45, 7) is 6.26. The normalized spacial score (nSPS) is 12.1. The Morgan fingerprint density at radius 1 is 1.57 bits per heavy atom. The van der Waals surface area contributed by atoms with Crippen LogP contribution in [0.2, 0.25) is 0 Å². The van der Waals surface area contributed by atoms with Crippen LogP contribution in [0.3, 0.4) is 0 Å². The Labute approximate surface area is 46.2 Å². The predicted molar refractivity (Wildman–Crippen MR) is 33.0 cm³/mol. The van der Waals surface area contributed by atoms with Crippen LogP contribution in [0.4, 0.5) is 0 Å². The first-order valence-corrected chi connectivity index (χ1v) is 2.81. The highest BCUT2D eigenvalue weighted by molar-refractivity contribution is 4.88. The summed E-state index contributed by atoms with van der Waals surface area (Å²) in [5.74, 6) is 0. The van der Waals surface area contributed by atoms with Crippen molar-refractivity contribution < 1.29 is 0 Å². The van der Waals surface area contributed by atoms with E-state index in [-0.39, 0.29) is 0 Å². The van der Waals surface area contributed by atoms with Gasteiger partial charge in [-0.25, -0.2) is 0 Å². The van der Waals surface area contributed by atoms with Gasteiger partial charge in [-0.1, -0.05) is 18.9 Å². The van der Waals surface area contributed by atoms with E-state index in [1.165, 1.54) is 18.4 Å². The van der Waals surface area contributed by atoms with Crippen LogP contribution in [0, 0.1) is 6.08 Å². The molecule has 41 valence electrons. The van der Waals surface area contributed by atoms with Crippen LogP contribution in [0.5, 0.6) is 0 Å². The van der Waals surface area contributed by atoms with Gasteiger partial charge in [0, 0.05) is 0 Å². The first kappa shape index (κ1) is 6.74. The van der Waals surface area contributed by atoms with Crippen molar-refractivity contribution in [3.63, 3.8) is 0 Å². The molecule has 0 aliphatic carbocycles. The molecule has 0 aliphatic heterocycles. The summed E-state index contributed by atoms with van der Waals surface area (Å²) in [5.41, 5.74) is 1.38. The molecule has 0 unspecified atom stereocenters. The van der Waals surface area contributed by atoms with Gasteiger partial charge in [0.15, 0.2) is 0 Å². The minimum Gasteiger partial charge on any atom is -0.0701 e. The molecule has 1 radical (unpaired) electrons. The minimum absolute atomic E-state index is 1.20. The molecule has 0 aromatic rings. The first-order valence-electron chi connectivity index (χ1n) is 2.81. The lowest BCUT2D eigenvalue weighted by atomic mass is 10.2. The van der Waals surface area contributed by atoms with Gasteiger partial charge in [0.25, 0.3) is 0 Å². The van der Waals surface area contributed by atoms with Crippen LogP contribution in [0.1, 0.15) is 33.6 Å². The number of hydrogen-bond donors (Lipinski definition) is 0. The molecule has 0 aromatic heterocycles. The largest absolute Gasteiger partial charge is 0.0701 e. The summed E-state index contributed by atoms with van der Waals surface area (Å²) in [7, 11) is 0. The third-order valence-corrected chi connectivity index (χ3v) is 1.05. The van der Waals surface area contributed by atoms with E-state index >= 15 is 0 Å². The zero-order chi connectivity index (χ0) is 5.70. The zero-order valence-electron chi connectivity index (χ0n) is 5.41. The molecule has 0 heterocycles. The summed E-state index contributed by atoms with van der Waals surface area (Å²) in [4.78, 5) is 0. The van der Waals surface area contributed by atoms with Gasteiger partial charge in [-0.3, -0.25) is 0 Å². The van der Waals surface area contributed by atoms with Crippen molar-refractivity contribution in [2.75, 3.05) is 0 Å². The van der Waals surface area contributed by atoms with E-state index in [4.69, 9.17) is 0 Å². The molecule has 0 amide bonds. The molecule has 0 atom stereocenters. The fraction of sp³-hybridized carbons (Fsp3) is 0.714. The van der Waals surface area contributed by atoms with Crippen LogP contribution in [-0.2, 0) is 0 Å². The van der Waals surface area contributed by atoms with Crippen molar-refractivity contribution in [1.29, 1.82) is 0 Å². The van der Waals surface area contributed by atoms with Gasteiger partial charge in [-0.2, -0.15) is 0 Å². The summed E-state index contributed by atoms with van der Waals surface area (Å²) < 4.78 is 0. The Balaban J connectivity index is 3.17. The Bertz CT molecular complexity index is 60.4. The highest BCUT2D eigenvalue weighted by Crippen LogP contribution is 1.99. The van der Waals surface area contributed by atoms with Gasteiger partial charge in [-0.05, 0) is 26.3 Å². The molecule has 0 saturated heterocycles. The SMILES string of the molecule is C/[C]=C(/C)CCC. The summed E-state index contributed by atoms with van der Waals surface area (Å²) in [6, 6.07) is 0. The van der Waals surface area contributed by atoms with Crippen LogP contribution >= 0.6 is 0 Å². The van der Waals surface area contributed by atoms with Gasteiger partial charge in [0.2, 0.25) is 0 Å². The van der Waals surface area contributed by atoms with Crippen molar-refractivity contribution in [3.05, 3.63) is 11.6 Å². The van der Waals surface area contributed by atoms with Gasteiger partial charge in [0.1, 0.15) is 0 Å². The van der Waals surface area contributed by atoms with Crippen molar-refractivity contribution in [2.45, 2.75) is 33.6 Å². The van der Waals surface area contributed by atoms with E-state index in [1.54, 1.807) is 0 Å². The monoisotopic (exact) mass is 97.1 g/mol. The van der Waals surface area contributed by atoms with Crippen LogP contribution < -0.4 is 0 Å². The van der Waals surface area contributed by atoms with Crippen molar-refractivity contribution in [1.82, 2.24) is 0 Å². The minimum atomic E-state index is 1.20. The summed E-state index contributed by atoms with van der Waals surface area (Å²) in [6.07, 6.45) is 5.53. The molecule has 0 fully saturated rings. The standard InChI is InChI=1S/C7H13/c1-4-6-7(3)5-2/h4,6H2,1-3H3. The molecule has 0 saturated carbocycles. The average Bonchev–Trinajstić information content (AvgIpc) is 1.68. The van der Waals surface area contributed by atoms with E-state index < -0.39 is 0 Å². The van der Waals surface area contributed by atoms with E-state index in [2.05, 4.69) is 19.9 Å². The van der Waals surface area contributed by atoms with Crippen LogP contribution in [-0.4, -0.2) is 0 Å². The van der Waals surface area contributed by atoms with Crippen molar-refractivity contribution in [3.8, 4) is 0 Å². The molecule has 7 heavy (non-hydrogen) atoms. The van der Waals surface area contributed by atoms with Gasteiger partial charge in [0.05, 0.1) is 0 Å². The average molecular weight is 97.2 g/mol. The van der Waals surface area contributed by atoms with Crippen molar-refractivity contribution in [2.24, 2.45) is 0 Å². The van der Waals surface area contributed by atoms with Gasteiger partial charge in [-0.15, -0.1) is 0 Å². The van der Waals surface area contributed by atoms with Gasteiger partial charge < -0.3 is 0 Å².